The molecule has 0 N–H and O–H groups in total. The maximum absolute atomic E-state index is 13.8. The molecular weight excluding hydrogens is 418 g/mol. The monoisotopic (exact) mass is 443 g/mol. The lowest BCUT2D eigenvalue weighted by molar-refractivity contribution is 0.0680. The third-order valence-electron chi connectivity index (χ3n) is 6.08. The number of carbonyl (C=O) groups is 1. The predicted molar refractivity (Wildman–Crippen MR) is 127 cm³/mol. The summed E-state index contributed by atoms with van der Waals surface area (Å²) in [6, 6.07) is 20.1. The minimum Gasteiger partial charge on any atom is -0.496 e. The number of nitrogens with zero attached hydrogens (tertiary/aromatic N) is 3. The van der Waals surface area contributed by atoms with Gasteiger partial charge in [0.05, 0.1) is 25.3 Å². The third-order valence-corrected chi connectivity index (χ3v) is 7.08. The lowest BCUT2D eigenvalue weighted by Crippen LogP contribution is -2.38. The number of ether oxygens (including phenoxy) is 1. The molecule has 1 atom stereocenters. The van der Waals surface area contributed by atoms with Crippen molar-refractivity contribution in [1.82, 2.24) is 14.7 Å². The zero-order valence-electron chi connectivity index (χ0n) is 18.2. The van der Waals surface area contributed by atoms with Gasteiger partial charge in [-0.3, -0.25) is 9.48 Å². The van der Waals surface area contributed by atoms with Crippen molar-refractivity contribution in [3.8, 4) is 17.0 Å². The van der Waals surface area contributed by atoms with E-state index in [0.717, 1.165) is 17.5 Å². The molecule has 162 valence electrons. The summed E-state index contributed by atoms with van der Waals surface area (Å²) in [4.78, 5) is 17.2. The number of thiophene rings is 1. The Labute approximate surface area is 191 Å². The quantitative estimate of drug-likeness (QED) is 0.413. The molecule has 0 aliphatic carbocycles. The minimum atomic E-state index is 0.00886. The highest BCUT2D eigenvalue weighted by Crippen LogP contribution is 2.36. The number of rotatable bonds is 5. The number of benzene rings is 2. The van der Waals surface area contributed by atoms with Crippen LogP contribution >= 0.6 is 11.3 Å². The molecule has 32 heavy (non-hydrogen) atoms. The molecule has 0 radical (unpaired) electrons. The van der Waals surface area contributed by atoms with E-state index in [4.69, 9.17) is 9.84 Å². The molecule has 6 heteroatoms. The maximum Gasteiger partial charge on any atom is 0.258 e. The van der Waals surface area contributed by atoms with Gasteiger partial charge in [-0.05, 0) is 48.1 Å². The molecule has 0 spiro atoms. The van der Waals surface area contributed by atoms with Crippen molar-refractivity contribution in [2.75, 3.05) is 13.7 Å². The molecule has 1 aliphatic heterocycles. The summed E-state index contributed by atoms with van der Waals surface area (Å²) < 4.78 is 7.45. The molecule has 0 unspecified atom stereocenters. The number of hydrogen-bond donors (Lipinski definition) is 0. The Morgan fingerprint density at radius 3 is 2.72 bits per heavy atom. The van der Waals surface area contributed by atoms with Gasteiger partial charge in [0.15, 0.2) is 0 Å². The van der Waals surface area contributed by atoms with Crippen molar-refractivity contribution in [3.05, 3.63) is 93.8 Å². The highest BCUT2D eigenvalue weighted by atomic mass is 32.1. The summed E-state index contributed by atoms with van der Waals surface area (Å²) in [6.07, 6.45) is 2.78. The van der Waals surface area contributed by atoms with Gasteiger partial charge < -0.3 is 9.64 Å². The van der Waals surface area contributed by atoms with Crippen molar-refractivity contribution in [3.63, 3.8) is 0 Å². The van der Waals surface area contributed by atoms with Crippen LogP contribution in [0.15, 0.2) is 72.2 Å². The third kappa shape index (κ3) is 3.71. The van der Waals surface area contributed by atoms with Crippen LogP contribution in [0.1, 0.15) is 39.3 Å². The molecule has 5 rings (SSSR count). The van der Waals surface area contributed by atoms with Crippen molar-refractivity contribution in [1.29, 1.82) is 0 Å². The summed E-state index contributed by atoms with van der Waals surface area (Å²) in [7, 11) is 1.64. The number of hydrogen-bond acceptors (Lipinski definition) is 4. The summed E-state index contributed by atoms with van der Waals surface area (Å²) in [5.41, 5.74) is 4.48. The van der Waals surface area contributed by atoms with Crippen LogP contribution in [0.25, 0.3) is 11.3 Å². The largest absolute Gasteiger partial charge is 0.496 e. The fourth-order valence-corrected chi connectivity index (χ4v) is 5.37. The van der Waals surface area contributed by atoms with Crippen LogP contribution in [0.5, 0.6) is 5.75 Å². The molecule has 1 amide bonds. The van der Waals surface area contributed by atoms with E-state index in [1.165, 1.54) is 10.4 Å². The van der Waals surface area contributed by atoms with Crippen LogP contribution in [-0.4, -0.2) is 34.2 Å². The second kappa shape index (κ2) is 8.63. The molecule has 4 aromatic rings. The normalized spacial score (nSPS) is 15.4. The summed E-state index contributed by atoms with van der Waals surface area (Å²) in [5.74, 6) is 0.716. The topological polar surface area (TPSA) is 47.4 Å². The van der Waals surface area contributed by atoms with Crippen LogP contribution in [-0.2, 0) is 13.0 Å². The van der Waals surface area contributed by atoms with E-state index in [-0.39, 0.29) is 11.9 Å². The summed E-state index contributed by atoms with van der Waals surface area (Å²) in [6.45, 7) is 3.42. The SMILES string of the molecule is COc1ccccc1-c1nn(Cc2ccccc2)cc1C(=O)N1CCc2sccc2[C@@H]1C. The first-order chi connectivity index (χ1) is 15.7. The van der Waals surface area contributed by atoms with Crippen molar-refractivity contribution >= 4 is 17.2 Å². The van der Waals surface area contributed by atoms with Crippen molar-refractivity contribution < 1.29 is 9.53 Å². The van der Waals surface area contributed by atoms with Crippen LogP contribution in [0.4, 0.5) is 0 Å². The van der Waals surface area contributed by atoms with Gasteiger partial charge in [-0.1, -0.05) is 42.5 Å². The van der Waals surface area contributed by atoms with Gasteiger partial charge >= 0.3 is 0 Å². The maximum atomic E-state index is 13.8. The van der Waals surface area contributed by atoms with Gasteiger partial charge in [0, 0.05) is 23.2 Å². The van der Waals surface area contributed by atoms with Gasteiger partial charge in [-0.2, -0.15) is 5.10 Å². The summed E-state index contributed by atoms with van der Waals surface area (Å²) in [5, 5.41) is 6.97. The molecule has 0 fully saturated rings. The summed E-state index contributed by atoms with van der Waals surface area (Å²) >= 11 is 1.78. The predicted octanol–water partition coefficient (Wildman–Crippen LogP) is 5.43. The fraction of sp³-hybridized carbons (Fsp3) is 0.231. The van der Waals surface area contributed by atoms with Gasteiger partial charge in [-0.25, -0.2) is 0 Å². The lowest BCUT2D eigenvalue weighted by atomic mass is 9.99. The number of para-hydroxylation sites is 1. The van der Waals surface area contributed by atoms with E-state index in [2.05, 4.69) is 30.5 Å². The van der Waals surface area contributed by atoms with E-state index < -0.39 is 0 Å². The highest BCUT2D eigenvalue weighted by molar-refractivity contribution is 7.10. The smallest absolute Gasteiger partial charge is 0.258 e. The Hall–Kier alpha value is -3.38. The number of amides is 1. The van der Waals surface area contributed by atoms with Crippen LogP contribution < -0.4 is 4.74 Å². The Bertz CT molecular complexity index is 1240. The first-order valence-corrected chi connectivity index (χ1v) is 11.7. The van der Waals surface area contributed by atoms with E-state index in [1.807, 2.05) is 58.2 Å². The highest BCUT2D eigenvalue weighted by Gasteiger charge is 2.32. The lowest BCUT2D eigenvalue weighted by Gasteiger charge is -2.33. The molecule has 0 bridgehead atoms. The van der Waals surface area contributed by atoms with Gasteiger partial charge in [0.2, 0.25) is 0 Å². The van der Waals surface area contributed by atoms with Crippen molar-refractivity contribution in [2.24, 2.45) is 0 Å². The van der Waals surface area contributed by atoms with E-state index in [0.29, 0.717) is 30.1 Å². The van der Waals surface area contributed by atoms with Gasteiger partial charge in [0.1, 0.15) is 11.4 Å². The van der Waals surface area contributed by atoms with Crippen molar-refractivity contribution in [2.45, 2.75) is 25.9 Å². The standard InChI is InChI=1S/C26H25N3O2S/c1-18-20-13-15-32-24(20)12-14-29(18)26(30)22-17-28(16-19-8-4-3-5-9-19)27-25(22)21-10-6-7-11-23(21)31-2/h3-11,13,15,17-18H,12,14,16H2,1-2H3/t18-/m0/s1. The first-order valence-electron chi connectivity index (χ1n) is 10.8. The Morgan fingerprint density at radius 1 is 1.12 bits per heavy atom. The average molecular weight is 444 g/mol. The minimum absolute atomic E-state index is 0.00886. The molecule has 5 nitrogen and oxygen atoms in total. The van der Waals surface area contributed by atoms with E-state index in [1.54, 1.807) is 18.4 Å². The van der Waals surface area contributed by atoms with Crippen LogP contribution in [0.2, 0.25) is 0 Å². The molecule has 2 aromatic carbocycles. The Balaban J connectivity index is 1.56. The molecule has 1 aliphatic rings. The number of aromatic nitrogens is 2. The van der Waals surface area contributed by atoms with Gasteiger partial charge in [-0.15, -0.1) is 11.3 Å². The Morgan fingerprint density at radius 2 is 1.91 bits per heavy atom. The molecule has 0 saturated heterocycles. The molecule has 3 heterocycles. The average Bonchev–Trinajstić information content (AvgIpc) is 3.47. The zero-order valence-corrected chi connectivity index (χ0v) is 19.0. The number of carbonyl (C=O) groups excluding carboxylic acids is 1. The van der Waals surface area contributed by atoms with E-state index >= 15 is 0 Å². The Kier molecular flexibility index (Phi) is 5.53. The number of fused-ring (bicyclic) bond motifs is 1. The molecule has 0 saturated carbocycles. The molecule has 2 aromatic heterocycles. The molecular formula is C26H25N3O2S. The second-order valence-corrected chi connectivity index (χ2v) is 9.00. The number of methoxy groups -OCH3 is 1. The van der Waals surface area contributed by atoms with Crippen LogP contribution in [0.3, 0.4) is 0 Å². The van der Waals surface area contributed by atoms with Crippen LogP contribution in [0, 0.1) is 0 Å². The first kappa shape index (κ1) is 20.5. The zero-order chi connectivity index (χ0) is 22.1. The van der Waals surface area contributed by atoms with Gasteiger partial charge in [0.25, 0.3) is 5.91 Å². The second-order valence-electron chi connectivity index (χ2n) is 8.00. The fourth-order valence-electron chi connectivity index (χ4n) is 4.41. The van der Waals surface area contributed by atoms with E-state index in [9.17, 15) is 4.79 Å².